The fraction of sp³-hybridized carbons (Fsp3) is 0.538. The molecule has 1 aliphatic heterocycles. The van der Waals surface area contributed by atoms with Crippen molar-refractivity contribution in [3.63, 3.8) is 0 Å². The Labute approximate surface area is 91.2 Å². The molecule has 0 radical (unpaired) electrons. The second-order valence-corrected chi connectivity index (χ2v) is 3.85. The highest BCUT2D eigenvalue weighted by molar-refractivity contribution is 5.26. The predicted molar refractivity (Wildman–Crippen MR) is 59.7 cm³/mol. The SMILES string of the molecule is CCc1ccc(C2(CC)OCCO2)cc1. The van der Waals surface area contributed by atoms with Gasteiger partial charge in [-0.2, -0.15) is 0 Å². The molecular weight excluding hydrogens is 188 g/mol. The van der Waals surface area contributed by atoms with E-state index in [1.54, 1.807) is 0 Å². The van der Waals surface area contributed by atoms with E-state index in [-0.39, 0.29) is 0 Å². The third kappa shape index (κ3) is 1.92. The Bertz CT molecular complexity index is 310. The molecule has 0 unspecified atom stereocenters. The lowest BCUT2D eigenvalue weighted by molar-refractivity contribution is -0.167. The van der Waals surface area contributed by atoms with E-state index < -0.39 is 5.79 Å². The number of hydrogen-bond donors (Lipinski definition) is 0. The molecule has 0 spiro atoms. The van der Waals surface area contributed by atoms with Gasteiger partial charge in [-0.05, 0) is 12.0 Å². The molecule has 1 heterocycles. The van der Waals surface area contributed by atoms with E-state index in [2.05, 4.69) is 38.1 Å². The highest BCUT2D eigenvalue weighted by Crippen LogP contribution is 2.34. The Kier molecular flexibility index (Phi) is 3.08. The van der Waals surface area contributed by atoms with Crippen LogP contribution in [0.3, 0.4) is 0 Å². The van der Waals surface area contributed by atoms with Crippen LogP contribution in [0.1, 0.15) is 31.4 Å². The molecule has 1 saturated heterocycles. The second kappa shape index (κ2) is 4.33. The van der Waals surface area contributed by atoms with Crippen LogP contribution in [0.2, 0.25) is 0 Å². The number of hydrogen-bond acceptors (Lipinski definition) is 2. The Hall–Kier alpha value is -0.860. The van der Waals surface area contributed by atoms with E-state index in [1.807, 2.05) is 0 Å². The van der Waals surface area contributed by atoms with Crippen LogP contribution in [0.15, 0.2) is 24.3 Å². The molecule has 1 aromatic carbocycles. The van der Waals surface area contributed by atoms with Crippen molar-refractivity contribution >= 4 is 0 Å². The average Bonchev–Trinajstić information content (AvgIpc) is 2.79. The summed E-state index contributed by atoms with van der Waals surface area (Å²) >= 11 is 0. The summed E-state index contributed by atoms with van der Waals surface area (Å²) in [4.78, 5) is 0. The molecule has 0 aliphatic carbocycles. The summed E-state index contributed by atoms with van der Waals surface area (Å²) in [5.74, 6) is -0.480. The highest BCUT2D eigenvalue weighted by Gasteiger charge is 2.36. The maximum atomic E-state index is 5.73. The minimum absolute atomic E-state index is 0.480. The molecular formula is C13H18O2. The summed E-state index contributed by atoms with van der Waals surface area (Å²) in [7, 11) is 0. The van der Waals surface area contributed by atoms with Crippen LogP contribution < -0.4 is 0 Å². The summed E-state index contributed by atoms with van der Waals surface area (Å²) < 4.78 is 11.5. The van der Waals surface area contributed by atoms with E-state index >= 15 is 0 Å². The lowest BCUT2D eigenvalue weighted by Crippen LogP contribution is -2.25. The molecule has 15 heavy (non-hydrogen) atoms. The van der Waals surface area contributed by atoms with E-state index in [0.29, 0.717) is 13.2 Å². The molecule has 1 aliphatic rings. The van der Waals surface area contributed by atoms with Crippen molar-refractivity contribution in [1.29, 1.82) is 0 Å². The van der Waals surface area contributed by atoms with Gasteiger partial charge in [-0.1, -0.05) is 38.1 Å². The zero-order valence-corrected chi connectivity index (χ0v) is 9.45. The van der Waals surface area contributed by atoms with E-state index in [4.69, 9.17) is 9.47 Å². The first kappa shape index (κ1) is 10.7. The van der Waals surface area contributed by atoms with Crippen molar-refractivity contribution in [3.05, 3.63) is 35.4 Å². The van der Waals surface area contributed by atoms with E-state index in [9.17, 15) is 0 Å². The predicted octanol–water partition coefficient (Wildman–Crippen LogP) is 2.86. The maximum absolute atomic E-state index is 5.73. The van der Waals surface area contributed by atoms with Crippen molar-refractivity contribution < 1.29 is 9.47 Å². The molecule has 2 rings (SSSR count). The summed E-state index contributed by atoms with van der Waals surface area (Å²) in [5.41, 5.74) is 2.49. The zero-order valence-electron chi connectivity index (χ0n) is 9.45. The molecule has 82 valence electrons. The minimum Gasteiger partial charge on any atom is -0.343 e. The lowest BCUT2D eigenvalue weighted by atomic mass is 10.0. The maximum Gasteiger partial charge on any atom is 0.194 e. The average molecular weight is 206 g/mol. The van der Waals surface area contributed by atoms with Crippen LogP contribution in [0.5, 0.6) is 0 Å². The summed E-state index contributed by atoms with van der Waals surface area (Å²) in [6, 6.07) is 8.54. The highest BCUT2D eigenvalue weighted by atomic mass is 16.7. The van der Waals surface area contributed by atoms with Crippen LogP contribution >= 0.6 is 0 Å². The zero-order chi connectivity index (χ0) is 10.7. The Morgan fingerprint density at radius 3 is 2.13 bits per heavy atom. The first-order valence-corrected chi connectivity index (χ1v) is 5.68. The van der Waals surface area contributed by atoms with E-state index in [1.165, 1.54) is 5.56 Å². The van der Waals surface area contributed by atoms with Gasteiger partial charge in [0.05, 0.1) is 13.2 Å². The summed E-state index contributed by atoms with van der Waals surface area (Å²) in [6.45, 7) is 5.65. The molecule has 2 heteroatoms. The first-order valence-electron chi connectivity index (χ1n) is 5.68. The third-order valence-corrected chi connectivity index (χ3v) is 3.02. The van der Waals surface area contributed by atoms with Crippen LogP contribution in [0, 0.1) is 0 Å². The fourth-order valence-electron chi connectivity index (χ4n) is 2.02. The van der Waals surface area contributed by atoms with Gasteiger partial charge in [-0.15, -0.1) is 0 Å². The normalized spacial score (nSPS) is 19.3. The summed E-state index contributed by atoms with van der Waals surface area (Å²) in [5, 5.41) is 0. The van der Waals surface area contributed by atoms with Crippen LogP contribution in [-0.2, 0) is 21.7 Å². The molecule has 0 atom stereocenters. The number of benzene rings is 1. The Balaban J connectivity index is 2.26. The van der Waals surface area contributed by atoms with Gasteiger partial charge >= 0.3 is 0 Å². The molecule has 0 amide bonds. The van der Waals surface area contributed by atoms with Gasteiger partial charge in [0, 0.05) is 12.0 Å². The molecule has 1 aromatic rings. The largest absolute Gasteiger partial charge is 0.343 e. The van der Waals surface area contributed by atoms with Gasteiger partial charge in [0.2, 0.25) is 0 Å². The van der Waals surface area contributed by atoms with Crippen molar-refractivity contribution in [2.75, 3.05) is 13.2 Å². The van der Waals surface area contributed by atoms with E-state index in [0.717, 1.165) is 18.4 Å². The van der Waals surface area contributed by atoms with Gasteiger partial charge in [-0.25, -0.2) is 0 Å². The van der Waals surface area contributed by atoms with Crippen molar-refractivity contribution in [2.24, 2.45) is 0 Å². The van der Waals surface area contributed by atoms with Crippen molar-refractivity contribution in [3.8, 4) is 0 Å². The first-order chi connectivity index (χ1) is 7.30. The molecule has 2 nitrogen and oxygen atoms in total. The van der Waals surface area contributed by atoms with Gasteiger partial charge < -0.3 is 9.47 Å². The molecule has 0 aromatic heterocycles. The molecule has 1 fully saturated rings. The minimum atomic E-state index is -0.480. The molecule has 0 bridgehead atoms. The molecule has 0 saturated carbocycles. The molecule has 0 N–H and O–H groups in total. The standard InChI is InChI=1S/C13H18O2/c1-3-11-5-7-12(8-6-11)13(4-2)14-9-10-15-13/h5-8H,3-4,9-10H2,1-2H3. The summed E-state index contributed by atoms with van der Waals surface area (Å²) in [6.07, 6.45) is 1.93. The van der Waals surface area contributed by atoms with Crippen molar-refractivity contribution in [1.82, 2.24) is 0 Å². The Morgan fingerprint density at radius 1 is 1.07 bits per heavy atom. The smallest absolute Gasteiger partial charge is 0.194 e. The van der Waals surface area contributed by atoms with Crippen LogP contribution in [0.25, 0.3) is 0 Å². The number of ether oxygens (including phenoxy) is 2. The second-order valence-electron chi connectivity index (χ2n) is 3.85. The Morgan fingerprint density at radius 2 is 1.67 bits per heavy atom. The third-order valence-electron chi connectivity index (χ3n) is 3.02. The quantitative estimate of drug-likeness (QED) is 0.757. The van der Waals surface area contributed by atoms with Gasteiger partial charge in [-0.3, -0.25) is 0 Å². The van der Waals surface area contributed by atoms with Gasteiger partial charge in [0.15, 0.2) is 5.79 Å². The van der Waals surface area contributed by atoms with Gasteiger partial charge in [0.25, 0.3) is 0 Å². The monoisotopic (exact) mass is 206 g/mol. The number of rotatable bonds is 3. The fourth-order valence-corrected chi connectivity index (χ4v) is 2.02. The van der Waals surface area contributed by atoms with Gasteiger partial charge in [0.1, 0.15) is 0 Å². The topological polar surface area (TPSA) is 18.5 Å². The van der Waals surface area contributed by atoms with Crippen LogP contribution in [-0.4, -0.2) is 13.2 Å². The van der Waals surface area contributed by atoms with Crippen LogP contribution in [0.4, 0.5) is 0 Å². The number of aryl methyl sites for hydroxylation is 1. The lowest BCUT2D eigenvalue weighted by Gasteiger charge is -2.26. The van der Waals surface area contributed by atoms with Crippen molar-refractivity contribution in [2.45, 2.75) is 32.5 Å².